The largest absolute Gasteiger partial charge is 0.315 e. The summed E-state index contributed by atoms with van der Waals surface area (Å²) in [5.74, 6) is 1.28. The van der Waals surface area contributed by atoms with Gasteiger partial charge < -0.3 is 5.32 Å². The summed E-state index contributed by atoms with van der Waals surface area (Å²) in [5.41, 5.74) is 0. The van der Waals surface area contributed by atoms with Gasteiger partial charge in [-0.05, 0) is 57.8 Å². The second-order valence-electron chi connectivity index (χ2n) is 4.50. The summed E-state index contributed by atoms with van der Waals surface area (Å²) < 4.78 is 0. The topological polar surface area (TPSA) is 15.3 Å². The highest BCUT2D eigenvalue weighted by molar-refractivity contribution is 7.98. The molecule has 1 aliphatic heterocycles. The Bertz CT molecular complexity index is 147. The summed E-state index contributed by atoms with van der Waals surface area (Å²) in [5, 5.41) is 3.56. The summed E-state index contributed by atoms with van der Waals surface area (Å²) >= 11 is 1.94. The molecule has 0 saturated carbocycles. The average molecular weight is 230 g/mol. The first-order chi connectivity index (χ1) is 7.34. The van der Waals surface area contributed by atoms with Gasteiger partial charge in [-0.15, -0.1) is 0 Å². The third-order valence-corrected chi connectivity index (χ3v) is 3.85. The zero-order valence-electron chi connectivity index (χ0n) is 10.3. The van der Waals surface area contributed by atoms with E-state index in [1.807, 2.05) is 11.8 Å². The lowest BCUT2D eigenvalue weighted by atomic mass is 10.1. The van der Waals surface area contributed by atoms with Crippen LogP contribution in [0.3, 0.4) is 0 Å². The molecule has 0 aromatic heterocycles. The van der Waals surface area contributed by atoms with Crippen molar-refractivity contribution in [3.8, 4) is 0 Å². The highest BCUT2D eigenvalue weighted by Gasteiger charge is 2.15. The van der Waals surface area contributed by atoms with Gasteiger partial charge in [0.1, 0.15) is 0 Å². The average Bonchev–Trinajstić information content (AvgIpc) is 2.30. The molecule has 0 aromatic rings. The van der Waals surface area contributed by atoms with Gasteiger partial charge in [-0.3, -0.25) is 4.90 Å². The Morgan fingerprint density at radius 3 is 2.67 bits per heavy atom. The van der Waals surface area contributed by atoms with Crippen molar-refractivity contribution in [3.05, 3.63) is 0 Å². The van der Waals surface area contributed by atoms with Gasteiger partial charge in [0.2, 0.25) is 0 Å². The van der Waals surface area contributed by atoms with Gasteiger partial charge in [0.15, 0.2) is 0 Å². The van der Waals surface area contributed by atoms with Crippen LogP contribution in [0.1, 0.15) is 32.6 Å². The van der Waals surface area contributed by atoms with E-state index in [0.717, 1.165) is 12.6 Å². The molecule has 0 spiro atoms. The maximum atomic E-state index is 3.56. The van der Waals surface area contributed by atoms with Crippen LogP contribution in [0.5, 0.6) is 0 Å². The molecule has 2 nitrogen and oxygen atoms in total. The van der Waals surface area contributed by atoms with E-state index >= 15 is 0 Å². The van der Waals surface area contributed by atoms with Crippen LogP contribution in [0.4, 0.5) is 0 Å². The van der Waals surface area contributed by atoms with Gasteiger partial charge in [0.05, 0.1) is 0 Å². The molecule has 0 aliphatic carbocycles. The Morgan fingerprint density at radius 1 is 1.27 bits per heavy atom. The number of likely N-dealkylation sites (tertiary alicyclic amines) is 1. The van der Waals surface area contributed by atoms with Crippen molar-refractivity contribution >= 4 is 11.8 Å². The Balaban J connectivity index is 1.99. The second-order valence-corrected chi connectivity index (χ2v) is 5.48. The lowest BCUT2D eigenvalue weighted by Gasteiger charge is -2.32. The summed E-state index contributed by atoms with van der Waals surface area (Å²) in [4.78, 5) is 2.63. The van der Waals surface area contributed by atoms with Crippen LogP contribution in [-0.2, 0) is 0 Å². The second kappa shape index (κ2) is 8.43. The molecule has 0 bridgehead atoms. The van der Waals surface area contributed by atoms with Crippen LogP contribution >= 0.6 is 11.8 Å². The SMILES string of the molecule is CSCCCNCC(C)N1CCCCC1. The number of rotatable bonds is 7. The Morgan fingerprint density at radius 2 is 2.00 bits per heavy atom. The zero-order chi connectivity index (χ0) is 10.9. The molecule has 1 N–H and O–H groups in total. The van der Waals surface area contributed by atoms with Crippen LogP contribution in [-0.4, -0.2) is 49.1 Å². The Labute approximate surface area is 99.2 Å². The molecule has 1 heterocycles. The lowest BCUT2D eigenvalue weighted by molar-refractivity contribution is 0.171. The number of hydrogen-bond acceptors (Lipinski definition) is 3. The Hall–Kier alpha value is 0.270. The first kappa shape index (κ1) is 13.3. The lowest BCUT2D eigenvalue weighted by Crippen LogP contribution is -2.43. The van der Waals surface area contributed by atoms with E-state index in [2.05, 4.69) is 23.4 Å². The molecule has 0 radical (unpaired) electrons. The summed E-state index contributed by atoms with van der Waals surface area (Å²) in [6, 6.07) is 0.722. The summed E-state index contributed by atoms with van der Waals surface area (Å²) in [6.45, 7) is 7.32. The normalized spacial score (nSPS) is 20.4. The molecule has 1 unspecified atom stereocenters. The minimum atomic E-state index is 0.722. The van der Waals surface area contributed by atoms with Gasteiger partial charge in [-0.25, -0.2) is 0 Å². The molecular formula is C12H26N2S. The predicted octanol–water partition coefficient (Wildman–Crippen LogP) is 2.20. The van der Waals surface area contributed by atoms with Crippen LogP contribution < -0.4 is 5.32 Å². The summed E-state index contributed by atoms with van der Waals surface area (Å²) in [6.07, 6.45) is 7.71. The van der Waals surface area contributed by atoms with E-state index in [1.54, 1.807) is 0 Å². The molecule has 0 aromatic carbocycles. The van der Waals surface area contributed by atoms with Crippen molar-refractivity contribution in [1.82, 2.24) is 10.2 Å². The smallest absolute Gasteiger partial charge is 0.0192 e. The van der Waals surface area contributed by atoms with Crippen molar-refractivity contribution in [3.63, 3.8) is 0 Å². The number of thioether (sulfide) groups is 1. The first-order valence-corrected chi connectivity index (χ1v) is 7.67. The fraction of sp³-hybridized carbons (Fsp3) is 1.00. The van der Waals surface area contributed by atoms with E-state index in [-0.39, 0.29) is 0 Å². The van der Waals surface area contributed by atoms with Crippen molar-refractivity contribution in [2.75, 3.05) is 38.2 Å². The monoisotopic (exact) mass is 230 g/mol. The number of nitrogens with zero attached hydrogens (tertiary/aromatic N) is 1. The standard InChI is InChI=1S/C12H26N2S/c1-12(11-13-7-6-10-15-2)14-8-4-3-5-9-14/h12-13H,3-11H2,1-2H3. The van der Waals surface area contributed by atoms with Crippen LogP contribution in [0, 0.1) is 0 Å². The van der Waals surface area contributed by atoms with Crippen LogP contribution in [0.25, 0.3) is 0 Å². The molecule has 1 atom stereocenters. The van der Waals surface area contributed by atoms with Crippen molar-refractivity contribution in [2.24, 2.45) is 0 Å². The van der Waals surface area contributed by atoms with Gasteiger partial charge in [0.25, 0.3) is 0 Å². The molecule has 90 valence electrons. The van der Waals surface area contributed by atoms with Gasteiger partial charge in [-0.1, -0.05) is 6.42 Å². The highest BCUT2D eigenvalue weighted by Crippen LogP contribution is 2.11. The number of hydrogen-bond donors (Lipinski definition) is 1. The highest BCUT2D eigenvalue weighted by atomic mass is 32.2. The van der Waals surface area contributed by atoms with E-state index in [0.29, 0.717) is 0 Å². The maximum absolute atomic E-state index is 3.56. The summed E-state index contributed by atoms with van der Waals surface area (Å²) in [7, 11) is 0. The molecule has 1 saturated heterocycles. The van der Waals surface area contributed by atoms with E-state index in [9.17, 15) is 0 Å². The molecular weight excluding hydrogens is 204 g/mol. The molecule has 3 heteroatoms. The molecule has 15 heavy (non-hydrogen) atoms. The Kier molecular flexibility index (Phi) is 7.49. The maximum Gasteiger partial charge on any atom is 0.0192 e. The third-order valence-electron chi connectivity index (χ3n) is 3.16. The quantitative estimate of drug-likeness (QED) is 0.675. The van der Waals surface area contributed by atoms with E-state index in [1.165, 1.54) is 51.1 Å². The van der Waals surface area contributed by atoms with Gasteiger partial charge in [-0.2, -0.15) is 11.8 Å². The van der Waals surface area contributed by atoms with Crippen LogP contribution in [0.15, 0.2) is 0 Å². The molecule has 1 rings (SSSR count). The van der Waals surface area contributed by atoms with Crippen molar-refractivity contribution < 1.29 is 0 Å². The fourth-order valence-electron chi connectivity index (χ4n) is 2.14. The zero-order valence-corrected chi connectivity index (χ0v) is 11.1. The predicted molar refractivity (Wildman–Crippen MR) is 70.8 cm³/mol. The minimum Gasteiger partial charge on any atom is -0.315 e. The van der Waals surface area contributed by atoms with Crippen LogP contribution in [0.2, 0.25) is 0 Å². The van der Waals surface area contributed by atoms with Crippen molar-refractivity contribution in [1.29, 1.82) is 0 Å². The molecule has 1 fully saturated rings. The van der Waals surface area contributed by atoms with Gasteiger partial charge >= 0.3 is 0 Å². The van der Waals surface area contributed by atoms with Crippen molar-refractivity contribution in [2.45, 2.75) is 38.6 Å². The number of piperidine rings is 1. The fourth-order valence-corrected chi connectivity index (χ4v) is 2.57. The van der Waals surface area contributed by atoms with E-state index in [4.69, 9.17) is 0 Å². The molecule has 1 aliphatic rings. The van der Waals surface area contributed by atoms with Gasteiger partial charge in [0, 0.05) is 12.6 Å². The first-order valence-electron chi connectivity index (χ1n) is 6.28. The van der Waals surface area contributed by atoms with E-state index < -0.39 is 0 Å². The third kappa shape index (κ3) is 5.79. The minimum absolute atomic E-state index is 0.722. The molecule has 0 amide bonds. The number of nitrogens with one attached hydrogen (secondary N) is 1.